The summed E-state index contributed by atoms with van der Waals surface area (Å²) < 4.78 is 17.8. The lowest BCUT2D eigenvalue weighted by atomic mass is 9.94. The molecule has 2 unspecified atom stereocenters. The molecule has 0 radical (unpaired) electrons. The first-order chi connectivity index (χ1) is 11.2. The summed E-state index contributed by atoms with van der Waals surface area (Å²) in [5.74, 6) is -0.265. The van der Waals surface area contributed by atoms with Gasteiger partial charge in [-0.15, -0.1) is 0 Å². The van der Waals surface area contributed by atoms with Gasteiger partial charge in [-0.05, 0) is 36.5 Å². The Kier molecular flexibility index (Phi) is 4.41. The standard InChI is InChI=1S/C19H27NO3/c1-14(15-5-6-16-11-21-12-17(16)9-15)20-10-18-13-22-19(23-18)7-3-2-4-8-19/h5-6,9,14,18,20H,2-4,7-8,10-13H2,1H3. The van der Waals surface area contributed by atoms with Crippen LogP contribution in [-0.2, 0) is 27.4 Å². The molecule has 4 heteroatoms. The van der Waals surface area contributed by atoms with E-state index >= 15 is 0 Å². The molecule has 4 rings (SSSR count). The van der Waals surface area contributed by atoms with Gasteiger partial charge in [-0.25, -0.2) is 0 Å². The molecule has 2 atom stereocenters. The summed E-state index contributed by atoms with van der Waals surface area (Å²) in [6, 6.07) is 6.99. The fourth-order valence-electron chi connectivity index (χ4n) is 3.96. The van der Waals surface area contributed by atoms with Gasteiger partial charge >= 0.3 is 0 Å². The molecule has 2 fully saturated rings. The Bertz CT molecular complexity index is 554. The van der Waals surface area contributed by atoms with Gasteiger partial charge in [0.15, 0.2) is 5.79 Å². The van der Waals surface area contributed by atoms with Crippen LogP contribution in [-0.4, -0.2) is 25.0 Å². The largest absolute Gasteiger partial charge is 0.372 e. The Morgan fingerprint density at radius 3 is 2.87 bits per heavy atom. The fourth-order valence-corrected chi connectivity index (χ4v) is 3.96. The van der Waals surface area contributed by atoms with Crippen LogP contribution in [0.25, 0.3) is 0 Å². The van der Waals surface area contributed by atoms with Gasteiger partial charge in [-0.2, -0.15) is 0 Å². The predicted molar refractivity (Wildman–Crippen MR) is 88.0 cm³/mol. The van der Waals surface area contributed by atoms with E-state index in [2.05, 4.69) is 30.4 Å². The van der Waals surface area contributed by atoms with Crippen LogP contribution in [0, 0.1) is 0 Å². The van der Waals surface area contributed by atoms with E-state index in [1.54, 1.807) is 0 Å². The van der Waals surface area contributed by atoms with Crippen molar-refractivity contribution in [1.29, 1.82) is 0 Å². The molecule has 2 aliphatic heterocycles. The molecule has 0 amide bonds. The Hall–Kier alpha value is -0.940. The molecule has 1 spiro atoms. The highest BCUT2D eigenvalue weighted by molar-refractivity contribution is 5.34. The van der Waals surface area contributed by atoms with Crippen molar-refractivity contribution in [3.8, 4) is 0 Å². The third-order valence-corrected chi connectivity index (χ3v) is 5.43. The number of fused-ring (bicyclic) bond motifs is 1. The van der Waals surface area contributed by atoms with Crippen molar-refractivity contribution >= 4 is 0 Å². The molecule has 126 valence electrons. The fraction of sp³-hybridized carbons (Fsp3) is 0.684. The van der Waals surface area contributed by atoms with E-state index in [-0.39, 0.29) is 11.9 Å². The summed E-state index contributed by atoms with van der Waals surface area (Å²) >= 11 is 0. The summed E-state index contributed by atoms with van der Waals surface area (Å²) in [7, 11) is 0. The minimum atomic E-state index is -0.265. The number of nitrogens with one attached hydrogen (secondary N) is 1. The third-order valence-electron chi connectivity index (χ3n) is 5.43. The van der Waals surface area contributed by atoms with Gasteiger partial charge in [-0.3, -0.25) is 0 Å². The van der Waals surface area contributed by atoms with Crippen LogP contribution in [0.3, 0.4) is 0 Å². The quantitative estimate of drug-likeness (QED) is 0.923. The van der Waals surface area contributed by atoms with Gasteiger partial charge in [-0.1, -0.05) is 24.6 Å². The van der Waals surface area contributed by atoms with Crippen LogP contribution in [0.5, 0.6) is 0 Å². The zero-order valence-electron chi connectivity index (χ0n) is 14.0. The normalized spacial score (nSPS) is 27.3. The first-order valence-corrected chi connectivity index (χ1v) is 8.99. The summed E-state index contributed by atoms with van der Waals surface area (Å²) in [5.41, 5.74) is 3.98. The van der Waals surface area contributed by atoms with E-state index in [0.717, 1.165) is 39.2 Å². The smallest absolute Gasteiger partial charge is 0.168 e. The second kappa shape index (κ2) is 6.52. The first-order valence-electron chi connectivity index (χ1n) is 8.99. The highest BCUT2D eigenvalue weighted by Gasteiger charge is 2.42. The van der Waals surface area contributed by atoms with E-state index in [1.807, 2.05) is 0 Å². The lowest BCUT2D eigenvalue weighted by Crippen LogP contribution is -2.36. The average Bonchev–Trinajstić information content (AvgIpc) is 3.20. The maximum absolute atomic E-state index is 6.25. The van der Waals surface area contributed by atoms with Gasteiger partial charge < -0.3 is 19.5 Å². The number of hydrogen-bond acceptors (Lipinski definition) is 4. The summed E-state index contributed by atoms with van der Waals surface area (Å²) in [5, 5.41) is 3.61. The van der Waals surface area contributed by atoms with E-state index in [1.165, 1.54) is 36.0 Å². The second-order valence-corrected chi connectivity index (χ2v) is 7.17. The zero-order valence-corrected chi connectivity index (χ0v) is 14.0. The Balaban J connectivity index is 1.31. The van der Waals surface area contributed by atoms with Crippen LogP contribution in [0.1, 0.15) is 61.8 Å². The molecule has 1 aromatic rings. The monoisotopic (exact) mass is 317 g/mol. The summed E-state index contributed by atoms with van der Waals surface area (Å²) in [4.78, 5) is 0. The number of ether oxygens (including phenoxy) is 3. The molecule has 1 saturated carbocycles. The van der Waals surface area contributed by atoms with Crippen LogP contribution in [0.2, 0.25) is 0 Å². The molecular formula is C19H27NO3. The van der Waals surface area contributed by atoms with Gasteiger partial charge in [0.2, 0.25) is 0 Å². The molecule has 1 aromatic carbocycles. The van der Waals surface area contributed by atoms with Gasteiger partial charge in [0.05, 0.1) is 25.9 Å². The van der Waals surface area contributed by atoms with Gasteiger partial charge in [0.1, 0.15) is 0 Å². The zero-order chi connectivity index (χ0) is 15.7. The molecule has 0 bridgehead atoms. The van der Waals surface area contributed by atoms with Crippen molar-refractivity contribution in [2.45, 2.75) is 70.2 Å². The minimum absolute atomic E-state index is 0.174. The number of benzene rings is 1. The van der Waals surface area contributed by atoms with Crippen molar-refractivity contribution < 1.29 is 14.2 Å². The molecule has 3 aliphatic rings. The van der Waals surface area contributed by atoms with Crippen LogP contribution in [0.4, 0.5) is 0 Å². The van der Waals surface area contributed by atoms with Crippen molar-refractivity contribution in [2.24, 2.45) is 0 Å². The van der Waals surface area contributed by atoms with Gasteiger partial charge in [0, 0.05) is 25.4 Å². The topological polar surface area (TPSA) is 39.7 Å². The molecular weight excluding hydrogens is 290 g/mol. The molecule has 23 heavy (non-hydrogen) atoms. The molecule has 0 aromatic heterocycles. The van der Waals surface area contributed by atoms with Crippen LogP contribution >= 0.6 is 0 Å². The Labute approximate surface area is 138 Å². The lowest BCUT2D eigenvalue weighted by Gasteiger charge is -2.31. The van der Waals surface area contributed by atoms with E-state index in [4.69, 9.17) is 14.2 Å². The van der Waals surface area contributed by atoms with E-state index in [0.29, 0.717) is 6.04 Å². The molecule has 2 heterocycles. The number of hydrogen-bond donors (Lipinski definition) is 1. The van der Waals surface area contributed by atoms with E-state index in [9.17, 15) is 0 Å². The molecule has 1 saturated heterocycles. The Morgan fingerprint density at radius 1 is 1.17 bits per heavy atom. The van der Waals surface area contributed by atoms with Gasteiger partial charge in [0.25, 0.3) is 0 Å². The number of rotatable bonds is 4. The SMILES string of the molecule is CC(NCC1COC2(CCCCC2)O1)c1ccc2c(c1)COC2. The predicted octanol–water partition coefficient (Wildman–Crippen LogP) is 3.44. The lowest BCUT2D eigenvalue weighted by molar-refractivity contribution is -0.186. The van der Waals surface area contributed by atoms with Crippen LogP contribution < -0.4 is 5.32 Å². The average molecular weight is 317 g/mol. The highest BCUT2D eigenvalue weighted by Crippen LogP contribution is 2.37. The van der Waals surface area contributed by atoms with Crippen LogP contribution in [0.15, 0.2) is 18.2 Å². The third kappa shape index (κ3) is 3.31. The van der Waals surface area contributed by atoms with Crippen molar-refractivity contribution in [3.05, 3.63) is 34.9 Å². The Morgan fingerprint density at radius 2 is 2.00 bits per heavy atom. The van der Waals surface area contributed by atoms with Crippen molar-refractivity contribution in [2.75, 3.05) is 13.2 Å². The highest BCUT2D eigenvalue weighted by atomic mass is 16.7. The van der Waals surface area contributed by atoms with Crippen molar-refractivity contribution in [3.63, 3.8) is 0 Å². The first kappa shape index (κ1) is 15.6. The summed E-state index contributed by atoms with van der Waals surface area (Å²) in [6.45, 7) is 5.28. The molecule has 4 nitrogen and oxygen atoms in total. The minimum Gasteiger partial charge on any atom is -0.372 e. The maximum atomic E-state index is 6.25. The van der Waals surface area contributed by atoms with Crippen molar-refractivity contribution in [1.82, 2.24) is 5.32 Å². The maximum Gasteiger partial charge on any atom is 0.168 e. The molecule has 1 aliphatic carbocycles. The van der Waals surface area contributed by atoms with E-state index < -0.39 is 0 Å². The molecule has 1 N–H and O–H groups in total. The second-order valence-electron chi connectivity index (χ2n) is 7.17. The summed E-state index contributed by atoms with van der Waals surface area (Å²) in [6.07, 6.45) is 6.07.